The van der Waals surface area contributed by atoms with Crippen LogP contribution in [0, 0.1) is 0 Å². The molecule has 2 aromatic heterocycles. The van der Waals surface area contributed by atoms with E-state index in [0.29, 0.717) is 44.1 Å². The van der Waals surface area contributed by atoms with Crippen LogP contribution in [0.15, 0.2) is 60.1 Å². The third kappa shape index (κ3) is 4.86. The maximum absolute atomic E-state index is 12.9. The van der Waals surface area contributed by atoms with Crippen molar-refractivity contribution in [3.8, 4) is 5.75 Å². The molecular formula is C23H24N4O3S. The zero-order valence-electron chi connectivity index (χ0n) is 17.3. The number of carbonyl (C=O) groups excluding carboxylic acids is 2. The molecule has 1 N–H and O–H groups in total. The maximum Gasteiger partial charge on any atom is 0.264 e. The van der Waals surface area contributed by atoms with Gasteiger partial charge < -0.3 is 19.9 Å². The second kappa shape index (κ2) is 9.61. The van der Waals surface area contributed by atoms with Gasteiger partial charge in [0.2, 0.25) is 0 Å². The Morgan fingerprint density at radius 2 is 1.84 bits per heavy atom. The predicted octanol–water partition coefficient (Wildman–Crippen LogP) is 3.04. The number of pyridine rings is 1. The summed E-state index contributed by atoms with van der Waals surface area (Å²) in [6.45, 7) is 2.88. The molecule has 0 saturated carbocycles. The Morgan fingerprint density at radius 1 is 1.06 bits per heavy atom. The zero-order chi connectivity index (χ0) is 21.6. The largest absolute Gasteiger partial charge is 0.497 e. The first-order valence-corrected chi connectivity index (χ1v) is 11.0. The Bertz CT molecular complexity index is 1030. The number of carbonyl (C=O) groups is 2. The summed E-state index contributed by atoms with van der Waals surface area (Å²) in [7, 11) is 1.62. The van der Waals surface area contributed by atoms with Gasteiger partial charge in [0.15, 0.2) is 0 Å². The summed E-state index contributed by atoms with van der Waals surface area (Å²) in [6, 6.07) is 14.9. The molecule has 1 saturated heterocycles. The van der Waals surface area contributed by atoms with E-state index in [1.165, 1.54) is 11.3 Å². The van der Waals surface area contributed by atoms with Crippen LogP contribution in [0.1, 0.15) is 25.6 Å². The number of ether oxygens (including phenoxy) is 1. The predicted molar refractivity (Wildman–Crippen MR) is 121 cm³/mol. The van der Waals surface area contributed by atoms with Crippen LogP contribution in [0.25, 0.3) is 0 Å². The quantitative estimate of drug-likeness (QED) is 0.643. The van der Waals surface area contributed by atoms with Crippen LogP contribution in [-0.4, -0.2) is 55.0 Å². The van der Waals surface area contributed by atoms with Crippen LogP contribution in [0.5, 0.6) is 5.75 Å². The number of aromatic nitrogens is 1. The van der Waals surface area contributed by atoms with Crippen LogP contribution < -0.4 is 15.0 Å². The Balaban J connectivity index is 1.39. The fourth-order valence-electron chi connectivity index (χ4n) is 3.52. The minimum Gasteiger partial charge on any atom is -0.497 e. The van der Waals surface area contributed by atoms with Crippen LogP contribution in [0.3, 0.4) is 0 Å². The monoisotopic (exact) mass is 436 g/mol. The second-order valence-corrected chi connectivity index (χ2v) is 8.11. The van der Waals surface area contributed by atoms with E-state index in [1.54, 1.807) is 25.4 Å². The molecule has 31 heavy (non-hydrogen) atoms. The van der Waals surface area contributed by atoms with Crippen molar-refractivity contribution in [3.05, 3.63) is 76.1 Å². The Hall–Kier alpha value is -3.39. The van der Waals surface area contributed by atoms with Crippen LogP contribution in [-0.2, 0) is 6.54 Å². The molecule has 160 valence electrons. The summed E-state index contributed by atoms with van der Waals surface area (Å²) in [6.07, 6.45) is 1.69. The van der Waals surface area contributed by atoms with Crippen molar-refractivity contribution in [1.29, 1.82) is 0 Å². The van der Waals surface area contributed by atoms with Gasteiger partial charge in [0.25, 0.3) is 11.8 Å². The molecule has 0 aliphatic carbocycles. The van der Waals surface area contributed by atoms with Gasteiger partial charge in [-0.1, -0.05) is 18.2 Å². The van der Waals surface area contributed by atoms with E-state index >= 15 is 0 Å². The third-order valence-electron chi connectivity index (χ3n) is 5.24. The fraction of sp³-hybridized carbons (Fsp3) is 0.261. The number of nitrogens with one attached hydrogen (secondary N) is 1. The highest BCUT2D eigenvalue weighted by Gasteiger charge is 2.25. The molecule has 0 atom stereocenters. The number of rotatable bonds is 6. The smallest absolute Gasteiger partial charge is 0.264 e. The molecule has 0 bridgehead atoms. The molecule has 3 heterocycles. The summed E-state index contributed by atoms with van der Waals surface area (Å²) in [5.41, 5.74) is 1.52. The van der Waals surface area contributed by atoms with Crippen molar-refractivity contribution in [2.45, 2.75) is 6.54 Å². The highest BCUT2D eigenvalue weighted by Crippen LogP contribution is 2.21. The lowest BCUT2D eigenvalue weighted by Crippen LogP contribution is -2.49. The number of anilines is 1. The van der Waals surface area contributed by atoms with Gasteiger partial charge in [0.1, 0.15) is 11.6 Å². The van der Waals surface area contributed by atoms with E-state index < -0.39 is 0 Å². The normalized spacial score (nSPS) is 13.7. The van der Waals surface area contributed by atoms with Crippen molar-refractivity contribution in [3.63, 3.8) is 0 Å². The van der Waals surface area contributed by atoms with E-state index in [1.807, 2.05) is 46.7 Å². The van der Waals surface area contributed by atoms with E-state index in [4.69, 9.17) is 4.74 Å². The van der Waals surface area contributed by atoms with Gasteiger partial charge in [0, 0.05) is 38.9 Å². The van der Waals surface area contributed by atoms with Gasteiger partial charge in [-0.05, 0) is 41.3 Å². The van der Waals surface area contributed by atoms with Crippen molar-refractivity contribution in [2.75, 3.05) is 38.2 Å². The minimum atomic E-state index is -0.170. The topological polar surface area (TPSA) is 74.8 Å². The van der Waals surface area contributed by atoms with Gasteiger partial charge in [-0.3, -0.25) is 9.59 Å². The molecule has 0 radical (unpaired) electrons. The lowest BCUT2D eigenvalue weighted by Gasteiger charge is -2.35. The van der Waals surface area contributed by atoms with Crippen molar-refractivity contribution in [1.82, 2.24) is 15.2 Å². The summed E-state index contributed by atoms with van der Waals surface area (Å²) < 4.78 is 5.17. The summed E-state index contributed by atoms with van der Waals surface area (Å²) in [5.74, 6) is 1.32. The van der Waals surface area contributed by atoms with Crippen LogP contribution >= 0.6 is 11.3 Å². The first kappa shape index (κ1) is 20.9. The molecule has 2 amide bonds. The number of hydrogen-bond acceptors (Lipinski definition) is 6. The highest BCUT2D eigenvalue weighted by molar-refractivity contribution is 7.12. The highest BCUT2D eigenvalue weighted by atomic mass is 32.1. The van der Waals surface area contributed by atoms with Gasteiger partial charge in [0.05, 0.1) is 17.6 Å². The van der Waals surface area contributed by atoms with Crippen molar-refractivity contribution in [2.24, 2.45) is 0 Å². The molecule has 7 nitrogen and oxygen atoms in total. The number of thiophene rings is 1. The second-order valence-electron chi connectivity index (χ2n) is 7.16. The summed E-state index contributed by atoms with van der Waals surface area (Å²) in [5, 5.41) is 4.88. The van der Waals surface area contributed by atoms with Crippen molar-refractivity contribution < 1.29 is 14.3 Å². The standard InChI is InChI=1S/C23H24N4O3S/c1-30-18-8-6-17(7-9-18)16-25-22(28)19-4-2-10-24-21(19)26-11-13-27(14-12-26)23(29)20-5-3-15-31-20/h2-10,15H,11-14,16H2,1H3,(H,25,28). The molecule has 0 unspecified atom stereocenters. The molecule has 1 fully saturated rings. The Kier molecular flexibility index (Phi) is 6.47. The third-order valence-corrected chi connectivity index (χ3v) is 6.10. The molecule has 1 aliphatic rings. The molecule has 4 rings (SSSR count). The van der Waals surface area contributed by atoms with Gasteiger partial charge in [-0.2, -0.15) is 0 Å². The van der Waals surface area contributed by atoms with E-state index in [9.17, 15) is 9.59 Å². The fourth-order valence-corrected chi connectivity index (χ4v) is 4.22. The SMILES string of the molecule is COc1ccc(CNC(=O)c2cccnc2N2CCN(C(=O)c3cccs3)CC2)cc1. The number of piperazine rings is 1. The molecule has 3 aromatic rings. The minimum absolute atomic E-state index is 0.0631. The van der Waals surface area contributed by atoms with E-state index in [0.717, 1.165) is 16.2 Å². The first-order valence-electron chi connectivity index (χ1n) is 10.1. The Labute approximate surface area is 185 Å². The maximum atomic E-state index is 12.9. The molecule has 1 aromatic carbocycles. The molecule has 1 aliphatic heterocycles. The van der Waals surface area contributed by atoms with Crippen molar-refractivity contribution >= 4 is 29.0 Å². The molecular weight excluding hydrogens is 412 g/mol. The summed E-state index contributed by atoms with van der Waals surface area (Å²) in [4.78, 5) is 34.6. The molecule has 0 spiro atoms. The number of nitrogens with zero attached hydrogens (tertiary/aromatic N) is 3. The zero-order valence-corrected chi connectivity index (χ0v) is 18.1. The number of hydrogen-bond donors (Lipinski definition) is 1. The lowest BCUT2D eigenvalue weighted by molar-refractivity contribution is 0.0750. The number of benzene rings is 1. The van der Waals surface area contributed by atoms with Crippen LogP contribution in [0.4, 0.5) is 5.82 Å². The van der Waals surface area contributed by atoms with E-state index in [2.05, 4.69) is 15.2 Å². The molecule has 8 heteroatoms. The lowest BCUT2D eigenvalue weighted by atomic mass is 10.1. The number of methoxy groups -OCH3 is 1. The number of amides is 2. The average molecular weight is 437 g/mol. The van der Waals surface area contributed by atoms with Gasteiger partial charge >= 0.3 is 0 Å². The first-order chi connectivity index (χ1) is 15.2. The van der Waals surface area contributed by atoms with Crippen LogP contribution in [0.2, 0.25) is 0 Å². The van der Waals surface area contributed by atoms with Gasteiger partial charge in [-0.15, -0.1) is 11.3 Å². The van der Waals surface area contributed by atoms with Gasteiger partial charge in [-0.25, -0.2) is 4.98 Å². The average Bonchev–Trinajstić information content (AvgIpc) is 3.37. The Morgan fingerprint density at radius 3 is 2.52 bits per heavy atom. The van der Waals surface area contributed by atoms with E-state index in [-0.39, 0.29) is 11.8 Å². The summed E-state index contributed by atoms with van der Waals surface area (Å²) >= 11 is 1.46.